The van der Waals surface area contributed by atoms with Gasteiger partial charge in [-0.2, -0.15) is 0 Å². The van der Waals surface area contributed by atoms with Crippen molar-refractivity contribution in [2.75, 3.05) is 12.4 Å². The molecule has 1 N–H and O–H groups in total. The average Bonchev–Trinajstić information content (AvgIpc) is 2.63. The van der Waals surface area contributed by atoms with Gasteiger partial charge in [-0.05, 0) is 49.9 Å². The van der Waals surface area contributed by atoms with Crippen LogP contribution in [0.25, 0.3) is 16.6 Å². The summed E-state index contributed by atoms with van der Waals surface area (Å²) in [5, 5.41) is 10.3. The second-order valence-corrected chi connectivity index (χ2v) is 7.49. The van der Waals surface area contributed by atoms with Crippen LogP contribution in [0, 0.1) is 13.8 Å². The zero-order valence-electron chi connectivity index (χ0n) is 15.2. The maximum atomic E-state index is 13.3. The molecule has 1 aromatic heterocycles. The first kappa shape index (κ1) is 18.7. The number of unbranched alkanes of at least 4 members (excludes halogenated alkanes) is 2. The van der Waals surface area contributed by atoms with Crippen LogP contribution in [0.2, 0.25) is 0 Å². The number of benzene rings is 2. The van der Waals surface area contributed by atoms with E-state index >= 15 is 0 Å². The second-order valence-electron chi connectivity index (χ2n) is 6.43. The second kappa shape index (κ2) is 8.52. The lowest BCUT2D eigenvalue weighted by Gasteiger charge is -2.17. The molecule has 0 atom stereocenters. The fraction of sp³-hybridized carbons (Fsp3) is 0.333. The number of nitrogens with zero attached hydrogens (tertiary/aromatic N) is 2. The Morgan fingerprint density at radius 3 is 2.46 bits per heavy atom. The smallest absolute Gasteiger partial charge is 0.266 e. The van der Waals surface area contributed by atoms with Gasteiger partial charge >= 0.3 is 0 Å². The Hall–Kier alpha value is -2.11. The highest BCUT2D eigenvalue weighted by atomic mass is 32.2. The molecule has 3 rings (SSSR count). The van der Waals surface area contributed by atoms with Crippen molar-refractivity contribution in [2.24, 2.45) is 0 Å². The molecule has 26 heavy (non-hydrogen) atoms. The molecule has 0 fully saturated rings. The minimum absolute atomic E-state index is 0.0224. The van der Waals surface area contributed by atoms with Crippen LogP contribution in [0.1, 0.15) is 30.4 Å². The number of aliphatic hydroxyl groups excluding tert-OH is 1. The molecular formula is C21H24N2O2S. The predicted octanol–water partition coefficient (Wildman–Crippen LogP) is 4.26. The first-order valence-corrected chi connectivity index (χ1v) is 9.94. The van der Waals surface area contributed by atoms with Gasteiger partial charge in [0, 0.05) is 12.4 Å². The fourth-order valence-corrected chi connectivity index (χ4v) is 4.12. The third-order valence-corrected chi connectivity index (χ3v) is 5.47. The van der Waals surface area contributed by atoms with E-state index in [1.807, 2.05) is 56.3 Å². The molecule has 0 aliphatic rings. The van der Waals surface area contributed by atoms with Crippen molar-refractivity contribution < 1.29 is 5.11 Å². The summed E-state index contributed by atoms with van der Waals surface area (Å²) in [5.41, 5.74) is 3.76. The third kappa shape index (κ3) is 3.84. The summed E-state index contributed by atoms with van der Waals surface area (Å²) in [7, 11) is 0. The number of rotatable bonds is 7. The quantitative estimate of drug-likeness (QED) is 0.385. The molecule has 0 unspecified atom stereocenters. The van der Waals surface area contributed by atoms with Crippen LogP contribution in [0.5, 0.6) is 0 Å². The molecule has 5 heteroatoms. The molecule has 0 bridgehead atoms. The van der Waals surface area contributed by atoms with E-state index in [0.717, 1.165) is 52.5 Å². The molecule has 0 spiro atoms. The molecular weight excluding hydrogens is 344 g/mol. The zero-order chi connectivity index (χ0) is 18.5. The Kier molecular flexibility index (Phi) is 6.12. The Labute approximate surface area is 157 Å². The maximum absolute atomic E-state index is 13.3. The molecule has 2 aromatic carbocycles. The van der Waals surface area contributed by atoms with Crippen molar-refractivity contribution in [3.8, 4) is 5.69 Å². The van der Waals surface area contributed by atoms with E-state index in [0.29, 0.717) is 5.39 Å². The van der Waals surface area contributed by atoms with E-state index in [4.69, 9.17) is 10.1 Å². The minimum Gasteiger partial charge on any atom is -0.396 e. The fourth-order valence-electron chi connectivity index (χ4n) is 3.12. The van der Waals surface area contributed by atoms with E-state index in [2.05, 4.69) is 0 Å². The summed E-state index contributed by atoms with van der Waals surface area (Å²) >= 11 is 1.61. The molecule has 136 valence electrons. The first-order chi connectivity index (χ1) is 12.6. The van der Waals surface area contributed by atoms with Gasteiger partial charge in [-0.25, -0.2) is 4.98 Å². The zero-order valence-corrected chi connectivity index (χ0v) is 16.1. The van der Waals surface area contributed by atoms with E-state index in [-0.39, 0.29) is 12.2 Å². The summed E-state index contributed by atoms with van der Waals surface area (Å²) in [6, 6.07) is 13.6. The number of aryl methyl sites for hydroxylation is 2. The Morgan fingerprint density at radius 1 is 1.00 bits per heavy atom. The van der Waals surface area contributed by atoms with E-state index in [9.17, 15) is 4.79 Å². The topological polar surface area (TPSA) is 55.1 Å². The van der Waals surface area contributed by atoms with Crippen LogP contribution in [0.3, 0.4) is 0 Å². The van der Waals surface area contributed by atoms with Gasteiger partial charge in [0.05, 0.1) is 16.6 Å². The van der Waals surface area contributed by atoms with Crippen LogP contribution < -0.4 is 5.56 Å². The Morgan fingerprint density at radius 2 is 1.73 bits per heavy atom. The van der Waals surface area contributed by atoms with Crippen molar-refractivity contribution in [1.29, 1.82) is 0 Å². The molecule has 3 aromatic rings. The highest BCUT2D eigenvalue weighted by molar-refractivity contribution is 7.99. The molecule has 0 amide bonds. The monoisotopic (exact) mass is 368 g/mol. The molecule has 0 aliphatic heterocycles. The summed E-state index contributed by atoms with van der Waals surface area (Å²) < 4.78 is 1.77. The van der Waals surface area contributed by atoms with Crippen LogP contribution in [-0.4, -0.2) is 27.0 Å². The van der Waals surface area contributed by atoms with Crippen molar-refractivity contribution in [1.82, 2.24) is 9.55 Å². The number of fused-ring (bicyclic) bond motifs is 1. The van der Waals surface area contributed by atoms with E-state index in [1.54, 1.807) is 16.3 Å². The number of para-hydroxylation sites is 2. The van der Waals surface area contributed by atoms with Crippen LogP contribution in [0.15, 0.2) is 52.4 Å². The van der Waals surface area contributed by atoms with E-state index < -0.39 is 0 Å². The summed E-state index contributed by atoms with van der Waals surface area (Å²) in [6.07, 6.45) is 2.78. The molecule has 0 saturated heterocycles. The molecule has 0 radical (unpaired) electrons. The Bertz CT molecular complexity index is 946. The van der Waals surface area contributed by atoms with Gasteiger partial charge in [-0.15, -0.1) is 0 Å². The SMILES string of the molecule is Cc1cccc(C)c1-n1c(SCCCCCO)nc2ccccc2c1=O. The van der Waals surface area contributed by atoms with Gasteiger partial charge in [0.15, 0.2) is 5.16 Å². The van der Waals surface area contributed by atoms with Crippen LogP contribution in [-0.2, 0) is 0 Å². The highest BCUT2D eigenvalue weighted by Gasteiger charge is 2.16. The molecule has 0 saturated carbocycles. The minimum atomic E-state index is -0.0224. The standard InChI is InChI=1S/C21H24N2O2S/c1-15-9-8-10-16(2)19(15)23-20(25)17-11-4-5-12-18(17)22-21(23)26-14-7-3-6-13-24/h4-5,8-12,24H,3,6-7,13-14H2,1-2H3. The maximum Gasteiger partial charge on any atom is 0.266 e. The molecule has 1 heterocycles. The number of thioether (sulfide) groups is 1. The average molecular weight is 369 g/mol. The lowest BCUT2D eigenvalue weighted by Crippen LogP contribution is -2.23. The predicted molar refractivity (Wildman–Crippen MR) is 108 cm³/mol. The normalized spacial score (nSPS) is 11.2. The third-order valence-electron chi connectivity index (χ3n) is 4.44. The van der Waals surface area contributed by atoms with Crippen LogP contribution in [0.4, 0.5) is 0 Å². The summed E-state index contributed by atoms with van der Waals surface area (Å²) in [5.74, 6) is 0.871. The number of hydrogen-bond donors (Lipinski definition) is 1. The van der Waals surface area contributed by atoms with Gasteiger partial charge in [0.25, 0.3) is 5.56 Å². The number of aromatic nitrogens is 2. The Balaban J connectivity index is 2.11. The van der Waals surface area contributed by atoms with Crippen LogP contribution >= 0.6 is 11.8 Å². The van der Waals surface area contributed by atoms with Crippen molar-refractivity contribution in [3.05, 3.63) is 63.9 Å². The van der Waals surface area contributed by atoms with Crippen molar-refractivity contribution in [3.63, 3.8) is 0 Å². The van der Waals surface area contributed by atoms with E-state index in [1.165, 1.54) is 0 Å². The first-order valence-electron chi connectivity index (χ1n) is 8.95. The molecule has 0 aliphatic carbocycles. The number of hydrogen-bond acceptors (Lipinski definition) is 4. The highest BCUT2D eigenvalue weighted by Crippen LogP contribution is 2.26. The summed E-state index contributed by atoms with van der Waals surface area (Å²) in [6.45, 7) is 4.28. The van der Waals surface area contributed by atoms with Gasteiger partial charge in [-0.3, -0.25) is 9.36 Å². The van der Waals surface area contributed by atoms with Gasteiger partial charge in [0.2, 0.25) is 0 Å². The largest absolute Gasteiger partial charge is 0.396 e. The lowest BCUT2D eigenvalue weighted by atomic mass is 10.1. The number of aliphatic hydroxyl groups is 1. The van der Waals surface area contributed by atoms with Gasteiger partial charge < -0.3 is 5.11 Å². The lowest BCUT2D eigenvalue weighted by molar-refractivity contribution is 0.284. The van der Waals surface area contributed by atoms with Crippen molar-refractivity contribution >= 4 is 22.7 Å². The van der Waals surface area contributed by atoms with Gasteiger partial charge in [0.1, 0.15) is 0 Å². The molecule has 4 nitrogen and oxygen atoms in total. The summed E-state index contributed by atoms with van der Waals surface area (Å²) in [4.78, 5) is 18.1. The van der Waals surface area contributed by atoms with Crippen molar-refractivity contribution in [2.45, 2.75) is 38.3 Å². The van der Waals surface area contributed by atoms with Gasteiger partial charge in [-0.1, -0.05) is 48.5 Å².